The van der Waals surface area contributed by atoms with Crippen LogP contribution < -0.4 is 16.0 Å². The lowest BCUT2D eigenvalue weighted by Gasteiger charge is -2.31. The minimum absolute atomic E-state index is 0.263. The van der Waals surface area contributed by atoms with E-state index in [1.54, 1.807) is 26.0 Å². The molecular formula is C27H37FN6O2. The van der Waals surface area contributed by atoms with Crippen LogP contribution in [-0.4, -0.2) is 59.1 Å². The maximum Gasteiger partial charge on any atom is 0.151 e. The quantitative estimate of drug-likeness (QED) is 0.410. The molecule has 194 valence electrons. The van der Waals surface area contributed by atoms with E-state index in [1.165, 1.54) is 6.20 Å². The third kappa shape index (κ3) is 7.12. The lowest BCUT2D eigenvalue weighted by Crippen LogP contribution is -2.43. The number of hydrogen-bond donors (Lipinski definition) is 4. The van der Waals surface area contributed by atoms with Crippen LogP contribution in [0, 0.1) is 22.6 Å². The maximum atomic E-state index is 14.8. The Morgan fingerprint density at radius 2 is 1.89 bits per heavy atom. The van der Waals surface area contributed by atoms with E-state index in [-0.39, 0.29) is 6.04 Å². The van der Waals surface area contributed by atoms with Crippen molar-refractivity contribution < 1.29 is 14.2 Å². The van der Waals surface area contributed by atoms with Crippen molar-refractivity contribution in [3.05, 3.63) is 36.3 Å². The molecule has 4 N–H and O–H groups in total. The molecule has 3 heterocycles. The number of pyridine rings is 2. The summed E-state index contributed by atoms with van der Waals surface area (Å²) in [6.45, 7) is 5.83. The van der Waals surface area contributed by atoms with Crippen molar-refractivity contribution >= 4 is 11.6 Å². The van der Waals surface area contributed by atoms with Gasteiger partial charge in [0, 0.05) is 44.0 Å². The van der Waals surface area contributed by atoms with E-state index in [4.69, 9.17) is 4.74 Å². The van der Waals surface area contributed by atoms with Crippen LogP contribution in [0.4, 0.5) is 16.0 Å². The smallest absolute Gasteiger partial charge is 0.151 e. The minimum Gasteiger partial charge on any atom is -0.389 e. The second-order valence-corrected chi connectivity index (χ2v) is 10.7. The van der Waals surface area contributed by atoms with E-state index in [0.29, 0.717) is 68.1 Å². The predicted molar refractivity (Wildman–Crippen MR) is 138 cm³/mol. The van der Waals surface area contributed by atoms with Crippen LogP contribution >= 0.6 is 0 Å². The Morgan fingerprint density at radius 3 is 2.58 bits per heavy atom. The summed E-state index contributed by atoms with van der Waals surface area (Å²) in [6, 6.07) is 10.3. The van der Waals surface area contributed by atoms with Crippen LogP contribution in [0.15, 0.2) is 30.5 Å². The molecule has 1 aliphatic carbocycles. The Hall–Kier alpha value is -2.80. The lowest BCUT2D eigenvalue weighted by atomic mass is 9.82. The molecule has 0 atom stereocenters. The number of ether oxygens (including phenoxy) is 1. The highest BCUT2D eigenvalue weighted by Crippen LogP contribution is 2.31. The van der Waals surface area contributed by atoms with E-state index in [1.807, 2.05) is 12.1 Å². The van der Waals surface area contributed by atoms with Crippen molar-refractivity contribution in [3.8, 4) is 17.3 Å². The summed E-state index contributed by atoms with van der Waals surface area (Å²) in [5.74, 6) is 0.809. The van der Waals surface area contributed by atoms with E-state index in [9.17, 15) is 14.8 Å². The lowest BCUT2D eigenvalue weighted by molar-refractivity contribution is 0.0455. The van der Waals surface area contributed by atoms with Gasteiger partial charge in [-0.2, -0.15) is 5.26 Å². The fourth-order valence-electron chi connectivity index (χ4n) is 4.79. The van der Waals surface area contributed by atoms with Crippen LogP contribution in [0.3, 0.4) is 0 Å². The molecule has 1 saturated heterocycles. The molecule has 2 aliphatic rings. The zero-order chi connectivity index (χ0) is 25.6. The van der Waals surface area contributed by atoms with Gasteiger partial charge in [0.25, 0.3) is 0 Å². The third-order valence-corrected chi connectivity index (χ3v) is 7.08. The molecule has 36 heavy (non-hydrogen) atoms. The normalized spacial score (nSPS) is 22.0. The number of nitriles is 1. The minimum atomic E-state index is -0.716. The Kier molecular flexibility index (Phi) is 8.39. The summed E-state index contributed by atoms with van der Waals surface area (Å²) in [7, 11) is 0. The highest BCUT2D eigenvalue weighted by molar-refractivity contribution is 5.65. The van der Waals surface area contributed by atoms with E-state index >= 15 is 0 Å². The molecule has 2 aromatic heterocycles. The molecule has 0 spiro atoms. The van der Waals surface area contributed by atoms with Gasteiger partial charge in [-0.05, 0) is 70.6 Å². The molecule has 0 radical (unpaired) electrons. The van der Waals surface area contributed by atoms with E-state index in [0.717, 1.165) is 25.7 Å². The van der Waals surface area contributed by atoms with E-state index < -0.39 is 16.8 Å². The Bertz CT molecular complexity index is 1050. The summed E-state index contributed by atoms with van der Waals surface area (Å²) >= 11 is 0. The van der Waals surface area contributed by atoms with Gasteiger partial charge in [-0.25, -0.2) is 14.4 Å². The van der Waals surface area contributed by atoms with Crippen LogP contribution in [0.25, 0.3) is 11.3 Å². The molecule has 0 unspecified atom stereocenters. The molecule has 0 bridgehead atoms. The van der Waals surface area contributed by atoms with Gasteiger partial charge in [0.1, 0.15) is 11.6 Å². The first kappa shape index (κ1) is 26.3. The zero-order valence-corrected chi connectivity index (χ0v) is 21.2. The molecule has 9 heteroatoms. The molecule has 0 aromatic carbocycles. The van der Waals surface area contributed by atoms with Crippen molar-refractivity contribution in [2.75, 3.05) is 36.9 Å². The number of nitrogens with one attached hydrogen (secondary N) is 3. The van der Waals surface area contributed by atoms with Gasteiger partial charge in [0.2, 0.25) is 0 Å². The van der Waals surface area contributed by atoms with Crippen molar-refractivity contribution in [2.45, 2.75) is 70.1 Å². The number of aromatic nitrogens is 2. The highest BCUT2D eigenvalue weighted by atomic mass is 19.1. The number of nitrogens with zero attached hydrogens (tertiary/aromatic N) is 3. The summed E-state index contributed by atoms with van der Waals surface area (Å²) in [6.07, 6.45) is 6.56. The average molecular weight is 497 g/mol. The highest BCUT2D eigenvalue weighted by Gasteiger charge is 2.32. The molecular weight excluding hydrogens is 459 g/mol. The van der Waals surface area contributed by atoms with Gasteiger partial charge in [0.15, 0.2) is 5.82 Å². The van der Waals surface area contributed by atoms with Crippen molar-refractivity contribution in [3.63, 3.8) is 0 Å². The SMILES string of the molecule is CC(C)(O)CNC1CCC(Nc2cc(-c3cccc(NCC4(C#N)CCOCC4)n3)c(F)cn2)CC1. The number of hydrogen-bond acceptors (Lipinski definition) is 8. The summed E-state index contributed by atoms with van der Waals surface area (Å²) in [5.41, 5.74) is -0.289. The number of halogens is 1. The standard InChI is InChI=1S/C27H37FN6O2/c1-26(2,35)17-31-19-6-8-20(9-7-19)33-25-14-21(22(28)15-30-25)23-4-3-5-24(34-23)32-18-27(16-29)10-12-36-13-11-27/h3-5,14-15,19-20,31,35H,6-13,17-18H2,1-2H3,(H,30,33)(H,32,34). The fraction of sp³-hybridized carbons (Fsp3) is 0.593. The first-order valence-electron chi connectivity index (χ1n) is 12.8. The zero-order valence-electron chi connectivity index (χ0n) is 21.2. The molecule has 8 nitrogen and oxygen atoms in total. The molecule has 2 fully saturated rings. The van der Waals surface area contributed by atoms with E-state index in [2.05, 4.69) is 32.0 Å². The average Bonchev–Trinajstić information content (AvgIpc) is 2.88. The van der Waals surface area contributed by atoms with Gasteiger partial charge < -0.3 is 25.8 Å². The van der Waals surface area contributed by atoms with Gasteiger partial charge in [-0.1, -0.05) is 6.07 Å². The third-order valence-electron chi connectivity index (χ3n) is 7.08. The molecule has 1 aliphatic heterocycles. The first-order valence-corrected chi connectivity index (χ1v) is 12.8. The summed E-state index contributed by atoms with van der Waals surface area (Å²) < 4.78 is 20.2. The second-order valence-electron chi connectivity index (χ2n) is 10.7. The van der Waals surface area contributed by atoms with Crippen LogP contribution in [0.5, 0.6) is 0 Å². The number of rotatable bonds is 9. The number of anilines is 2. The summed E-state index contributed by atoms with van der Waals surface area (Å²) in [4.78, 5) is 8.88. The topological polar surface area (TPSA) is 115 Å². The maximum absolute atomic E-state index is 14.8. The fourth-order valence-corrected chi connectivity index (χ4v) is 4.79. The Balaban J connectivity index is 1.37. The van der Waals surface area contributed by atoms with Crippen LogP contribution in [-0.2, 0) is 4.74 Å². The van der Waals surface area contributed by atoms with Crippen LogP contribution in [0.2, 0.25) is 0 Å². The Morgan fingerprint density at radius 1 is 1.17 bits per heavy atom. The second kappa shape index (κ2) is 11.5. The van der Waals surface area contributed by atoms with Gasteiger partial charge in [-0.3, -0.25) is 0 Å². The first-order chi connectivity index (χ1) is 17.3. The van der Waals surface area contributed by atoms with Crippen molar-refractivity contribution in [1.29, 1.82) is 5.26 Å². The monoisotopic (exact) mass is 496 g/mol. The molecule has 2 aromatic rings. The van der Waals surface area contributed by atoms with Gasteiger partial charge in [-0.15, -0.1) is 0 Å². The number of aliphatic hydroxyl groups is 1. The van der Waals surface area contributed by atoms with Crippen molar-refractivity contribution in [1.82, 2.24) is 15.3 Å². The molecule has 4 rings (SSSR count). The van der Waals surface area contributed by atoms with Crippen LogP contribution in [0.1, 0.15) is 52.4 Å². The summed E-state index contributed by atoms with van der Waals surface area (Å²) in [5, 5.41) is 29.8. The van der Waals surface area contributed by atoms with Gasteiger partial charge >= 0.3 is 0 Å². The largest absolute Gasteiger partial charge is 0.389 e. The molecule has 0 amide bonds. The van der Waals surface area contributed by atoms with Crippen molar-refractivity contribution in [2.24, 2.45) is 5.41 Å². The van der Waals surface area contributed by atoms with Gasteiger partial charge in [0.05, 0.1) is 29.0 Å². The Labute approximate surface area is 212 Å². The predicted octanol–water partition coefficient (Wildman–Crippen LogP) is 4.10. The molecule has 1 saturated carbocycles.